The van der Waals surface area contributed by atoms with Crippen molar-refractivity contribution in [3.05, 3.63) is 116 Å². The number of piperidine rings is 1. The van der Waals surface area contributed by atoms with Gasteiger partial charge in [0.2, 0.25) is 0 Å². The zero-order chi connectivity index (χ0) is 27.9. The summed E-state index contributed by atoms with van der Waals surface area (Å²) in [7, 11) is 1.27. The second-order valence-electron chi connectivity index (χ2n) is 10.2. The highest BCUT2D eigenvalue weighted by Gasteiger charge is 2.24. The average molecular weight is 542 g/mol. The van der Waals surface area contributed by atoms with Crippen molar-refractivity contribution in [2.75, 3.05) is 26.7 Å². The van der Waals surface area contributed by atoms with Crippen LogP contribution in [0.3, 0.4) is 0 Å². The minimum absolute atomic E-state index is 0.0795. The molecule has 1 N–H and O–H groups in total. The maximum absolute atomic E-state index is 12.6. The number of aryl methyl sites for hydroxylation is 1. The number of hydrogen-bond donors (Lipinski definition) is 1. The molecular weight excluding hydrogens is 506 g/mol. The third kappa shape index (κ3) is 6.24. The molecule has 4 aromatic rings. The Balaban J connectivity index is 1.16. The van der Waals surface area contributed by atoms with E-state index < -0.39 is 17.2 Å². The van der Waals surface area contributed by atoms with Crippen LogP contribution in [0, 0.1) is 0 Å². The number of esters is 1. The van der Waals surface area contributed by atoms with Crippen molar-refractivity contribution in [2.24, 2.45) is 0 Å². The van der Waals surface area contributed by atoms with Gasteiger partial charge in [-0.15, -0.1) is 0 Å². The van der Waals surface area contributed by atoms with Crippen LogP contribution in [0.1, 0.15) is 53.3 Å². The van der Waals surface area contributed by atoms with E-state index in [0.29, 0.717) is 12.1 Å². The largest absolute Gasteiger partial charge is 0.465 e. The summed E-state index contributed by atoms with van der Waals surface area (Å²) in [5.41, 5.74) is 1.88. The Morgan fingerprint density at radius 1 is 0.875 bits per heavy atom. The number of aromatic amines is 1. The smallest absolute Gasteiger partial charge is 0.338 e. The Kier molecular flexibility index (Phi) is 8.88. The van der Waals surface area contributed by atoms with E-state index >= 15 is 0 Å². The number of nitrogens with zero attached hydrogens (tertiary/aromatic N) is 2. The molecule has 8 heteroatoms. The van der Waals surface area contributed by atoms with Gasteiger partial charge in [0.15, 0.2) is 0 Å². The second kappa shape index (κ2) is 12.9. The molecule has 3 aromatic carbocycles. The van der Waals surface area contributed by atoms with Crippen LogP contribution in [0.2, 0.25) is 0 Å². The summed E-state index contributed by atoms with van der Waals surface area (Å²) in [5, 5.41) is 0.181. The van der Waals surface area contributed by atoms with Crippen molar-refractivity contribution in [2.45, 2.75) is 44.4 Å². The van der Waals surface area contributed by atoms with Crippen LogP contribution in [0.4, 0.5) is 0 Å². The molecule has 0 atom stereocenters. The van der Waals surface area contributed by atoms with Gasteiger partial charge in [-0.1, -0.05) is 66.7 Å². The van der Waals surface area contributed by atoms with Crippen molar-refractivity contribution in [3.8, 4) is 0 Å². The van der Waals surface area contributed by atoms with Crippen LogP contribution < -0.4 is 11.2 Å². The molecular formula is C32H35N3O5. The molecule has 208 valence electrons. The van der Waals surface area contributed by atoms with Gasteiger partial charge >= 0.3 is 11.7 Å². The standard InChI is InChI=1S/C32H35N3O5/c1-39-31(37)26-15-10-16-27-28(26)30(36)33-32(38)35(27)20-9-8-19-34-21-17-25(18-22-34)40-29(23-11-4-2-5-12-23)24-13-6-3-7-14-24/h2-7,10-16,25,29H,8-9,17-22H2,1H3,(H,33,36,38). The van der Waals surface area contributed by atoms with Gasteiger partial charge in [-0.2, -0.15) is 0 Å². The number of likely N-dealkylation sites (tertiary alicyclic amines) is 1. The summed E-state index contributed by atoms with van der Waals surface area (Å²) < 4.78 is 13.0. The molecule has 0 radical (unpaired) electrons. The first-order valence-corrected chi connectivity index (χ1v) is 13.9. The van der Waals surface area contributed by atoms with E-state index in [1.165, 1.54) is 28.9 Å². The Morgan fingerprint density at radius 3 is 2.12 bits per heavy atom. The topological polar surface area (TPSA) is 93.6 Å². The molecule has 5 rings (SSSR count). The number of rotatable bonds is 10. The first-order chi connectivity index (χ1) is 19.5. The molecule has 0 bridgehead atoms. The number of unbranched alkanes of at least 4 members (excludes halogenated alkanes) is 1. The number of carbonyl (C=O) groups is 1. The number of H-pyrrole nitrogens is 1. The van der Waals surface area contributed by atoms with Gasteiger partial charge in [0, 0.05) is 19.6 Å². The van der Waals surface area contributed by atoms with Gasteiger partial charge in [0.05, 0.1) is 29.7 Å². The van der Waals surface area contributed by atoms with Gasteiger partial charge < -0.3 is 14.4 Å². The lowest BCUT2D eigenvalue weighted by Gasteiger charge is -2.34. The molecule has 8 nitrogen and oxygen atoms in total. The highest BCUT2D eigenvalue weighted by molar-refractivity contribution is 6.03. The maximum Gasteiger partial charge on any atom is 0.338 e. The number of ether oxygens (including phenoxy) is 2. The Labute approximate surface area is 233 Å². The maximum atomic E-state index is 12.6. The molecule has 1 saturated heterocycles. The summed E-state index contributed by atoms with van der Waals surface area (Å²) >= 11 is 0. The van der Waals surface area contributed by atoms with Crippen LogP contribution in [0.25, 0.3) is 10.9 Å². The molecule has 2 heterocycles. The van der Waals surface area contributed by atoms with Gasteiger partial charge in [-0.05, 0) is 55.5 Å². The number of aromatic nitrogens is 2. The fourth-order valence-corrected chi connectivity index (χ4v) is 5.51. The highest BCUT2D eigenvalue weighted by atomic mass is 16.5. The molecule has 0 unspecified atom stereocenters. The first kappa shape index (κ1) is 27.6. The number of benzene rings is 3. The van der Waals surface area contributed by atoms with Gasteiger partial charge in [-0.3, -0.25) is 14.3 Å². The van der Waals surface area contributed by atoms with E-state index in [4.69, 9.17) is 9.47 Å². The number of methoxy groups -OCH3 is 1. The van der Waals surface area contributed by atoms with Crippen LogP contribution >= 0.6 is 0 Å². The first-order valence-electron chi connectivity index (χ1n) is 13.9. The third-order valence-corrected chi connectivity index (χ3v) is 7.61. The Hall–Kier alpha value is -4.01. The zero-order valence-electron chi connectivity index (χ0n) is 22.8. The third-order valence-electron chi connectivity index (χ3n) is 7.61. The fraction of sp³-hybridized carbons (Fsp3) is 0.344. The lowest BCUT2D eigenvalue weighted by atomic mass is 10.00. The minimum atomic E-state index is -0.604. The van der Waals surface area contributed by atoms with Crippen molar-refractivity contribution < 1.29 is 14.3 Å². The molecule has 0 aliphatic carbocycles. The monoisotopic (exact) mass is 541 g/mol. The number of fused-ring (bicyclic) bond motifs is 1. The number of nitrogens with one attached hydrogen (secondary N) is 1. The lowest BCUT2D eigenvalue weighted by Crippen LogP contribution is -2.38. The van der Waals surface area contributed by atoms with E-state index in [0.717, 1.165) is 45.3 Å². The number of carbonyl (C=O) groups excluding carboxylic acids is 1. The van der Waals surface area contributed by atoms with E-state index in [1.54, 1.807) is 12.1 Å². The molecule has 0 saturated carbocycles. The molecule has 1 aliphatic rings. The predicted octanol–water partition coefficient (Wildman–Crippen LogP) is 4.53. The van der Waals surface area contributed by atoms with E-state index in [9.17, 15) is 14.4 Å². The SMILES string of the molecule is COC(=O)c1cccc2c1c(=O)[nH]c(=O)n2CCCCN1CCC(OC(c2ccccc2)c2ccccc2)CC1. The Bertz CT molecular complexity index is 1500. The molecule has 0 spiro atoms. The minimum Gasteiger partial charge on any atom is -0.465 e. The van der Waals surface area contributed by atoms with Crippen molar-refractivity contribution in [1.29, 1.82) is 0 Å². The van der Waals surface area contributed by atoms with Crippen molar-refractivity contribution >= 4 is 16.9 Å². The van der Waals surface area contributed by atoms with E-state index in [2.05, 4.69) is 58.4 Å². The van der Waals surface area contributed by atoms with Crippen LogP contribution in [-0.4, -0.2) is 53.3 Å². The lowest BCUT2D eigenvalue weighted by molar-refractivity contribution is -0.0271. The molecule has 1 aliphatic heterocycles. The summed E-state index contributed by atoms with van der Waals surface area (Å²) in [4.78, 5) is 42.1. The van der Waals surface area contributed by atoms with Crippen molar-refractivity contribution in [1.82, 2.24) is 14.5 Å². The summed E-state index contributed by atoms with van der Waals surface area (Å²) in [6, 6.07) is 25.7. The molecule has 40 heavy (non-hydrogen) atoms. The zero-order valence-corrected chi connectivity index (χ0v) is 22.8. The van der Waals surface area contributed by atoms with Gasteiger partial charge in [-0.25, -0.2) is 9.59 Å². The molecule has 0 amide bonds. The second-order valence-corrected chi connectivity index (χ2v) is 10.2. The fourth-order valence-electron chi connectivity index (χ4n) is 5.51. The van der Waals surface area contributed by atoms with Gasteiger partial charge in [0.1, 0.15) is 6.10 Å². The normalized spacial score (nSPS) is 14.6. The van der Waals surface area contributed by atoms with Gasteiger partial charge in [0.25, 0.3) is 5.56 Å². The molecule has 1 aromatic heterocycles. The molecule has 1 fully saturated rings. The summed E-state index contributed by atoms with van der Waals surface area (Å²) in [6.07, 6.45) is 3.73. The van der Waals surface area contributed by atoms with E-state index in [-0.39, 0.29) is 23.2 Å². The summed E-state index contributed by atoms with van der Waals surface area (Å²) in [5.74, 6) is -0.604. The highest BCUT2D eigenvalue weighted by Crippen LogP contribution is 2.30. The van der Waals surface area contributed by atoms with E-state index in [1.807, 2.05) is 12.1 Å². The van der Waals surface area contributed by atoms with Crippen molar-refractivity contribution in [3.63, 3.8) is 0 Å². The quantitative estimate of drug-likeness (QED) is 0.234. The van der Waals surface area contributed by atoms with Crippen LogP contribution in [0.5, 0.6) is 0 Å². The number of hydrogen-bond acceptors (Lipinski definition) is 6. The van der Waals surface area contributed by atoms with Crippen LogP contribution in [-0.2, 0) is 16.0 Å². The van der Waals surface area contributed by atoms with Crippen LogP contribution in [0.15, 0.2) is 88.5 Å². The summed E-state index contributed by atoms with van der Waals surface area (Å²) in [6.45, 7) is 3.30. The average Bonchev–Trinajstić information content (AvgIpc) is 3.00. The Morgan fingerprint density at radius 2 is 1.50 bits per heavy atom. The predicted molar refractivity (Wildman–Crippen MR) is 155 cm³/mol.